The SMILES string of the molecule is O=C(O)Oc1cc(OC(=O)O)cc(-c2ccc(NCC3(c4ncccc4F)CCC3)nn2)c1. The largest absolute Gasteiger partial charge is 0.511 e. The van der Waals surface area contributed by atoms with Crippen molar-refractivity contribution >= 4 is 18.1 Å². The zero-order valence-electron chi connectivity index (χ0n) is 17.2. The maximum atomic E-state index is 14.3. The smallest absolute Gasteiger partial charge is 0.449 e. The van der Waals surface area contributed by atoms with Crippen LogP contribution >= 0.6 is 0 Å². The lowest BCUT2D eigenvalue weighted by Crippen LogP contribution is -2.42. The molecule has 0 radical (unpaired) electrons. The number of pyridine rings is 1. The number of halogens is 1. The zero-order chi connectivity index (χ0) is 23.4. The highest BCUT2D eigenvalue weighted by Gasteiger charge is 2.41. The van der Waals surface area contributed by atoms with Gasteiger partial charge in [0.25, 0.3) is 0 Å². The van der Waals surface area contributed by atoms with E-state index >= 15 is 0 Å². The summed E-state index contributed by atoms with van der Waals surface area (Å²) in [6.07, 6.45) is 1.06. The quantitative estimate of drug-likeness (QED) is 0.349. The topological polar surface area (TPSA) is 144 Å². The number of carbonyl (C=O) groups is 2. The van der Waals surface area contributed by atoms with Crippen LogP contribution in [-0.2, 0) is 5.41 Å². The van der Waals surface area contributed by atoms with Crippen molar-refractivity contribution in [3.8, 4) is 22.8 Å². The molecule has 0 aliphatic heterocycles. The van der Waals surface area contributed by atoms with Gasteiger partial charge in [-0.15, -0.1) is 10.2 Å². The molecule has 170 valence electrons. The molecule has 2 heterocycles. The number of rotatable bonds is 7. The molecule has 3 N–H and O–H groups in total. The van der Waals surface area contributed by atoms with E-state index in [1.807, 2.05) is 0 Å². The fourth-order valence-electron chi connectivity index (χ4n) is 3.76. The predicted molar refractivity (Wildman–Crippen MR) is 113 cm³/mol. The van der Waals surface area contributed by atoms with Crippen LogP contribution in [0.1, 0.15) is 25.0 Å². The number of hydrogen-bond donors (Lipinski definition) is 3. The molecule has 0 saturated heterocycles. The average Bonchev–Trinajstić information content (AvgIpc) is 2.73. The van der Waals surface area contributed by atoms with Crippen LogP contribution in [0.25, 0.3) is 11.3 Å². The first kappa shape index (κ1) is 21.9. The molecule has 0 unspecified atom stereocenters. The van der Waals surface area contributed by atoms with E-state index in [4.69, 9.17) is 10.2 Å². The van der Waals surface area contributed by atoms with E-state index in [2.05, 4.69) is 30.0 Å². The lowest BCUT2D eigenvalue weighted by molar-refractivity contribution is 0.143. The van der Waals surface area contributed by atoms with Crippen molar-refractivity contribution in [2.75, 3.05) is 11.9 Å². The predicted octanol–water partition coefficient (Wildman–Crippen LogP) is 4.33. The maximum absolute atomic E-state index is 14.3. The highest BCUT2D eigenvalue weighted by atomic mass is 19.1. The summed E-state index contributed by atoms with van der Waals surface area (Å²) in [6.45, 7) is 0.438. The molecule has 11 heteroatoms. The van der Waals surface area contributed by atoms with E-state index in [1.165, 1.54) is 18.2 Å². The second kappa shape index (κ2) is 9.07. The third-order valence-corrected chi connectivity index (χ3v) is 5.43. The van der Waals surface area contributed by atoms with E-state index in [0.717, 1.165) is 25.3 Å². The van der Waals surface area contributed by atoms with Crippen molar-refractivity contribution in [1.29, 1.82) is 0 Å². The summed E-state index contributed by atoms with van der Waals surface area (Å²) >= 11 is 0. The Morgan fingerprint density at radius 1 is 1.03 bits per heavy atom. The molecule has 1 aliphatic carbocycles. The van der Waals surface area contributed by atoms with E-state index in [0.29, 0.717) is 29.3 Å². The molecule has 0 atom stereocenters. The second-order valence-electron chi connectivity index (χ2n) is 7.55. The number of aromatic nitrogens is 3. The van der Waals surface area contributed by atoms with Crippen molar-refractivity contribution in [3.05, 3.63) is 60.2 Å². The Labute approximate surface area is 187 Å². The molecule has 4 rings (SSSR count). The van der Waals surface area contributed by atoms with Crippen LogP contribution in [0.5, 0.6) is 11.5 Å². The first-order valence-electron chi connectivity index (χ1n) is 10.0. The molecular formula is C22H19FN4O6. The van der Waals surface area contributed by atoms with E-state index < -0.39 is 17.7 Å². The van der Waals surface area contributed by atoms with E-state index in [1.54, 1.807) is 24.4 Å². The number of nitrogens with one attached hydrogen (secondary N) is 1. The van der Waals surface area contributed by atoms with Gasteiger partial charge in [-0.05, 0) is 49.2 Å². The van der Waals surface area contributed by atoms with Crippen molar-refractivity contribution in [2.45, 2.75) is 24.7 Å². The van der Waals surface area contributed by atoms with Gasteiger partial charge < -0.3 is 25.0 Å². The van der Waals surface area contributed by atoms with Gasteiger partial charge in [0.2, 0.25) is 0 Å². The van der Waals surface area contributed by atoms with Gasteiger partial charge >= 0.3 is 12.3 Å². The van der Waals surface area contributed by atoms with Gasteiger partial charge in [0.1, 0.15) is 23.1 Å². The highest BCUT2D eigenvalue weighted by molar-refractivity contribution is 5.70. The molecule has 1 aromatic carbocycles. The van der Waals surface area contributed by atoms with Crippen molar-refractivity contribution in [1.82, 2.24) is 15.2 Å². The van der Waals surface area contributed by atoms with Crippen LogP contribution in [0.2, 0.25) is 0 Å². The van der Waals surface area contributed by atoms with Crippen LogP contribution in [0.3, 0.4) is 0 Å². The fourth-order valence-corrected chi connectivity index (χ4v) is 3.76. The van der Waals surface area contributed by atoms with E-state index in [-0.39, 0.29) is 17.3 Å². The highest BCUT2D eigenvalue weighted by Crippen LogP contribution is 2.43. The monoisotopic (exact) mass is 454 g/mol. The molecule has 3 aromatic rings. The molecule has 0 amide bonds. The van der Waals surface area contributed by atoms with Gasteiger partial charge in [-0.25, -0.2) is 14.0 Å². The normalized spacial score (nSPS) is 14.1. The Morgan fingerprint density at radius 2 is 1.73 bits per heavy atom. The van der Waals surface area contributed by atoms with Crippen LogP contribution in [0, 0.1) is 5.82 Å². The number of carboxylic acid groups (broad SMARTS) is 2. The molecule has 1 saturated carbocycles. The molecule has 1 fully saturated rings. The molecule has 1 aliphatic rings. The molecular weight excluding hydrogens is 435 g/mol. The Bertz CT molecular complexity index is 1150. The first-order valence-corrected chi connectivity index (χ1v) is 10.0. The van der Waals surface area contributed by atoms with Crippen molar-refractivity contribution in [3.63, 3.8) is 0 Å². The van der Waals surface area contributed by atoms with Gasteiger partial charge in [0.05, 0.1) is 11.4 Å². The molecule has 10 nitrogen and oxygen atoms in total. The summed E-state index contributed by atoms with van der Waals surface area (Å²) < 4.78 is 23.5. The van der Waals surface area contributed by atoms with E-state index in [9.17, 15) is 14.0 Å². The average molecular weight is 454 g/mol. The number of nitrogens with zero attached hydrogens (tertiary/aromatic N) is 3. The van der Waals surface area contributed by atoms with Gasteiger partial charge in [-0.1, -0.05) is 6.42 Å². The molecule has 2 aromatic heterocycles. The summed E-state index contributed by atoms with van der Waals surface area (Å²) in [5.74, 6) is -0.140. The Balaban J connectivity index is 1.52. The van der Waals surface area contributed by atoms with Gasteiger partial charge in [0.15, 0.2) is 0 Å². The lowest BCUT2D eigenvalue weighted by atomic mass is 9.66. The van der Waals surface area contributed by atoms with Crippen LogP contribution in [0.15, 0.2) is 48.7 Å². The minimum Gasteiger partial charge on any atom is -0.449 e. The third-order valence-electron chi connectivity index (χ3n) is 5.43. The minimum absolute atomic E-state index is 0.135. The molecule has 33 heavy (non-hydrogen) atoms. The van der Waals surface area contributed by atoms with Crippen molar-refractivity contribution in [2.24, 2.45) is 0 Å². The van der Waals surface area contributed by atoms with Crippen LogP contribution in [0.4, 0.5) is 19.8 Å². The maximum Gasteiger partial charge on any atom is 0.511 e. The number of hydrogen-bond acceptors (Lipinski definition) is 8. The number of benzene rings is 1. The molecule has 0 spiro atoms. The summed E-state index contributed by atoms with van der Waals surface area (Å²) in [4.78, 5) is 26.0. The summed E-state index contributed by atoms with van der Waals surface area (Å²) in [5.41, 5.74) is 0.711. The van der Waals surface area contributed by atoms with Crippen molar-refractivity contribution < 1.29 is 33.7 Å². The minimum atomic E-state index is -1.56. The second-order valence-corrected chi connectivity index (χ2v) is 7.55. The Hall–Kier alpha value is -4.28. The molecule has 0 bridgehead atoms. The summed E-state index contributed by atoms with van der Waals surface area (Å²) in [6, 6.07) is 10.1. The summed E-state index contributed by atoms with van der Waals surface area (Å²) in [5, 5.41) is 29.1. The third kappa shape index (κ3) is 4.97. The van der Waals surface area contributed by atoms with Crippen LogP contribution in [-0.4, -0.2) is 44.2 Å². The standard InChI is InChI=1S/C22H19FN4O6/c23-16-3-1-8-24-19(16)22(6-2-7-22)12-25-18-5-4-17(26-27-18)13-9-14(32-20(28)29)11-15(10-13)33-21(30)31/h1,3-5,8-11H,2,6-7,12H2,(H,25,27)(H,28,29)(H,30,31). The van der Waals surface area contributed by atoms with Gasteiger partial charge in [-0.2, -0.15) is 0 Å². The number of ether oxygens (including phenoxy) is 2. The van der Waals surface area contributed by atoms with Gasteiger partial charge in [-0.3, -0.25) is 4.98 Å². The lowest BCUT2D eigenvalue weighted by Gasteiger charge is -2.41. The Morgan fingerprint density at radius 3 is 2.24 bits per heavy atom. The Kier molecular flexibility index (Phi) is 6.03. The fraction of sp³-hybridized carbons (Fsp3) is 0.227. The van der Waals surface area contributed by atoms with Crippen LogP contribution < -0.4 is 14.8 Å². The first-order chi connectivity index (χ1) is 15.8. The summed E-state index contributed by atoms with van der Waals surface area (Å²) in [7, 11) is 0. The van der Waals surface area contributed by atoms with Gasteiger partial charge in [0, 0.05) is 29.8 Å². The zero-order valence-corrected chi connectivity index (χ0v) is 17.2. The number of anilines is 1.